The molecule has 25 heavy (non-hydrogen) atoms. The Labute approximate surface area is 148 Å². The zero-order valence-electron chi connectivity index (χ0n) is 13.2. The molecule has 1 aromatic heterocycles. The minimum absolute atomic E-state index is 0.105. The molecule has 2 aromatic rings. The van der Waals surface area contributed by atoms with Crippen LogP contribution in [0.2, 0.25) is 0 Å². The van der Waals surface area contributed by atoms with Crippen molar-refractivity contribution in [3.05, 3.63) is 52.2 Å². The third kappa shape index (κ3) is 4.22. The van der Waals surface area contributed by atoms with Gasteiger partial charge in [-0.1, -0.05) is 0 Å². The van der Waals surface area contributed by atoms with E-state index in [0.717, 1.165) is 30.8 Å². The smallest absolute Gasteiger partial charge is 0.296 e. The van der Waals surface area contributed by atoms with Gasteiger partial charge in [-0.05, 0) is 46.7 Å². The summed E-state index contributed by atoms with van der Waals surface area (Å²) >= 11 is 1.62. The number of alkyl halides is 3. The molecule has 0 atom stereocenters. The van der Waals surface area contributed by atoms with Crippen LogP contribution in [-0.2, 0) is 22.7 Å². The predicted molar refractivity (Wildman–Crippen MR) is 89.8 cm³/mol. The van der Waals surface area contributed by atoms with E-state index < -0.39 is 21.8 Å². The molecule has 0 amide bonds. The summed E-state index contributed by atoms with van der Waals surface area (Å²) in [7, 11) is -3.77. The SMILES string of the molecule is O=S(=O)(c1ccc(C(F)(F)F)cc1)N1CCN(Cc2ccsc2)CC1. The fourth-order valence-corrected chi connectivity index (χ4v) is 4.82. The fourth-order valence-electron chi connectivity index (χ4n) is 2.73. The van der Waals surface area contributed by atoms with Crippen molar-refractivity contribution in [1.29, 1.82) is 0 Å². The molecule has 0 N–H and O–H groups in total. The monoisotopic (exact) mass is 390 g/mol. The van der Waals surface area contributed by atoms with E-state index in [1.807, 2.05) is 11.4 Å². The lowest BCUT2D eigenvalue weighted by Gasteiger charge is -2.33. The molecule has 1 aromatic carbocycles. The van der Waals surface area contributed by atoms with E-state index >= 15 is 0 Å². The first-order chi connectivity index (χ1) is 11.8. The van der Waals surface area contributed by atoms with Gasteiger partial charge < -0.3 is 0 Å². The average molecular weight is 390 g/mol. The van der Waals surface area contributed by atoms with Crippen molar-refractivity contribution in [3.63, 3.8) is 0 Å². The van der Waals surface area contributed by atoms with E-state index in [1.54, 1.807) is 11.3 Å². The maximum atomic E-state index is 12.6. The zero-order valence-corrected chi connectivity index (χ0v) is 14.9. The number of sulfonamides is 1. The molecule has 1 saturated heterocycles. The molecule has 0 unspecified atom stereocenters. The molecule has 0 spiro atoms. The molecule has 4 nitrogen and oxygen atoms in total. The number of thiophene rings is 1. The summed E-state index contributed by atoms with van der Waals surface area (Å²) in [6.07, 6.45) is -4.48. The van der Waals surface area contributed by atoms with Crippen LogP contribution in [0.4, 0.5) is 13.2 Å². The molecule has 0 radical (unpaired) electrons. The van der Waals surface area contributed by atoms with Crippen LogP contribution in [-0.4, -0.2) is 43.8 Å². The number of benzene rings is 1. The summed E-state index contributed by atoms with van der Waals surface area (Å²) in [5, 5.41) is 4.06. The van der Waals surface area contributed by atoms with Crippen molar-refractivity contribution in [2.24, 2.45) is 0 Å². The highest BCUT2D eigenvalue weighted by Crippen LogP contribution is 2.30. The Hall–Kier alpha value is -1.42. The van der Waals surface area contributed by atoms with Crippen molar-refractivity contribution >= 4 is 21.4 Å². The first-order valence-corrected chi connectivity index (χ1v) is 10.1. The Bertz CT molecular complexity index is 795. The van der Waals surface area contributed by atoms with Crippen molar-refractivity contribution in [2.75, 3.05) is 26.2 Å². The molecule has 0 aliphatic carbocycles. The van der Waals surface area contributed by atoms with E-state index in [4.69, 9.17) is 0 Å². The maximum absolute atomic E-state index is 12.6. The topological polar surface area (TPSA) is 40.6 Å². The van der Waals surface area contributed by atoms with Crippen LogP contribution in [0.1, 0.15) is 11.1 Å². The van der Waals surface area contributed by atoms with Crippen molar-refractivity contribution in [3.8, 4) is 0 Å². The van der Waals surface area contributed by atoms with E-state index in [-0.39, 0.29) is 4.90 Å². The van der Waals surface area contributed by atoms with Gasteiger partial charge in [-0.25, -0.2) is 8.42 Å². The van der Waals surface area contributed by atoms with Gasteiger partial charge in [0.2, 0.25) is 10.0 Å². The standard InChI is InChI=1S/C16H17F3N2O2S2/c17-16(18,19)14-1-3-15(4-2-14)25(22,23)21-8-6-20(7-9-21)11-13-5-10-24-12-13/h1-5,10,12H,6-9,11H2. The van der Waals surface area contributed by atoms with Crippen molar-refractivity contribution in [1.82, 2.24) is 9.21 Å². The Kier molecular flexibility index (Phi) is 5.19. The zero-order chi connectivity index (χ0) is 18.1. The number of hydrogen-bond acceptors (Lipinski definition) is 4. The molecule has 1 aliphatic rings. The van der Waals surface area contributed by atoms with Gasteiger partial charge in [-0.2, -0.15) is 28.8 Å². The van der Waals surface area contributed by atoms with Crippen LogP contribution >= 0.6 is 11.3 Å². The van der Waals surface area contributed by atoms with E-state index in [9.17, 15) is 21.6 Å². The summed E-state index contributed by atoms with van der Waals surface area (Å²) < 4.78 is 64.3. The molecule has 0 saturated carbocycles. The number of piperazine rings is 1. The minimum Gasteiger partial charge on any atom is -0.296 e. The second kappa shape index (κ2) is 7.06. The second-order valence-electron chi connectivity index (χ2n) is 5.83. The van der Waals surface area contributed by atoms with Gasteiger partial charge in [-0.15, -0.1) is 0 Å². The molecule has 136 valence electrons. The van der Waals surface area contributed by atoms with Gasteiger partial charge in [0.15, 0.2) is 0 Å². The van der Waals surface area contributed by atoms with Crippen LogP contribution in [0.3, 0.4) is 0 Å². The molecular formula is C16H17F3N2O2S2. The number of rotatable bonds is 4. The second-order valence-corrected chi connectivity index (χ2v) is 8.55. The highest BCUT2D eigenvalue weighted by Gasteiger charge is 2.32. The Balaban J connectivity index is 1.65. The Morgan fingerprint density at radius 3 is 2.16 bits per heavy atom. The first-order valence-electron chi connectivity index (χ1n) is 7.68. The third-order valence-electron chi connectivity index (χ3n) is 4.14. The van der Waals surface area contributed by atoms with E-state index in [1.165, 1.54) is 9.87 Å². The average Bonchev–Trinajstić information content (AvgIpc) is 3.08. The fraction of sp³-hybridized carbons (Fsp3) is 0.375. The number of nitrogens with zero attached hydrogens (tertiary/aromatic N) is 2. The number of halogens is 3. The molecule has 1 aliphatic heterocycles. The summed E-state index contributed by atoms with van der Waals surface area (Å²) in [6, 6.07) is 5.70. The molecule has 0 bridgehead atoms. The van der Waals surface area contributed by atoms with Gasteiger partial charge in [-0.3, -0.25) is 4.90 Å². The van der Waals surface area contributed by atoms with Gasteiger partial charge >= 0.3 is 6.18 Å². The third-order valence-corrected chi connectivity index (χ3v) is 6.78. The largest absolute Gasteiger partial charge is 0.416 e. The van der Waals surface area contributed by atoms with Crippen molar-refractivity contribution in [2.45, 2.75) is 17.6 Å². The highest BCUT2D eigenvalue weighted by molar-refractivity contribution is 7.89. The van der Waals surface area contributed by atoms with E-state index in [2.05, 4.69) is 10.3 Å². The quantitative estimate of drug-likeness (QED) is 0.805. The predicted octanol–water partition coefficient (Wildman–Crippen LogP) is 3.27. The molecular weight excluding hydrogens is 373 g/mol. The molecule has 9 heteroatoms. The first kappa shape index (κ1) is 18.4. The van der Waals surface area contributed by atoms with Crippen LogP contribution in [0.15, 0.2) is 46.0 Å². The van der Waals surface area contributed by atoms with Crippen LogP contribution in [0.25, 0.3) is 0 Å². The van der Waals surface area contributed by atoms with Crippen LogP contribution < -0.4 is 0 Å². The van der Waals surface area contributed by atoms with Crippen molar-refractivity contribution < 1.29 is 21.6 Å². The van der Waals surface area contributed by atoms with E-state index in [0.29, 0.717) is 26.2 Å². The summed E-state index contributed by atoms with van der Waals surface area (Å²) in [5.74, 6) is 0. The molecule has 2 heterocycles. The molecule has 1 fully saturated rings. The lowest BCUT2D eigenvalue weighted by molar-refractivity contribution is -0.137. The van der Waals surface area contributed by atoms with Gasteiger partial charge in [0.25, 0.3) is 0 Å². The molecule has 3 rings (SSSR count). The van der Waals surface area contributed by atoms with Crippen LogP contribution in [0, 0.1) is 0 Å². The Morgan fingerprint density at radius 2 is 1.64 bits per heavy atom. The van der Waals surface area contributed by atoms with Gasteiger partial charge in [0, 0.05) is 32.7 Å². The van der Waals surface area contributed by atoms with Crippen LogP contribution in [0.5, 0.6) is 0 Å². The maximum Gasteiger partial charge on any atom is 0.416 e. The minimum atomic E-state index is -4.48. The lowest BCUT2D eigenvalue weighted by atomic mass is 10.2. The lowest BCUT2D eigenvalue weighted by Crippen LogP contribution is -2.48. The summed E-state index contributed by atoms with van der Waals surface area (Å²) in [4.78, 5) is 2.06. The normalized spacial score (nSPS) is 17.7. The number of hydrogen-bond donors (Lipinski definition) is 0. The summed E-state index contributed by atoms with van der Waals surface area (Å²) in [5.41, 5.74) is 0.344. The van der Waals surface area contributed by atoms with Gasteiger partial charge in [0.1, 0.15) is 0 Å². The highest BCUT2D eigenvalue weighted by atomic mass is 32.2. The summed E-state index contributed by atoms with van der Waals surface area (Å²) in [6.45, 7) is 2.62. The van der Waals surface area contributed by atoms with Gasteiger partial charge in [0.05, 0.1) is 10.5 Å². The Morgan fingerprint density at radius 1 is 1.00 bits per heavy atom.